The maximum atomic E-state index is 5.05. The van der Waals surface area contributed by atoms with Gasteiger partial charge in [0, 0.05) is 13.1 Å². The summed E-state index contributed by atoms with van der Waals surface area (Å²) >= 11 is 6.62. The molecule has 1 atom stereocenters. The van der Waals surface area contributed by atoms with Gasteiger partial charge >= 0.3 is 0 Å². The molecule has 15 heavy (non-hydrogen) atoms. The fourth-order valence-electron chi connectivity index (χ4n) is 2.00. The number of hydrogen-bond acceptors (Lipinski definition) is 4. The van der Waals surface area contributed by atoms with Crippen molar-refractivity contribution in [3.8, 4) is 0 Å². The first-order valence-corrected chi connectivity index (χ1v) is 6.50. The minimum Gasteiger partial charge on any atom is -0.346 e. The molecular formula is C10H17N3S2. The molecule has 1 aromatic heterocycles. The first-order valence-electron chi connectivity index (χ1n) is 5.27. The van der Waals surface area contributed by atoms with Gasteiger partial charge in [-0.25, -0.2) is 0 Å². The normalized spacial score (nSPS) is 22.3. The molecule has 2 rings (SSSR count). The monoisotopic (exact) mass is 243 g/mol. The zero-order valence-corrected chi connectivity index (χ0v) is 11.0. The number of nitrogens with zero attached hydrogens (tertiary/aromatic N) is 2. The molecule has 1 saturated heterocycles. The topological polar surface area (TPSA) is 31.9 Å². The lowest BCUT2D eigenvalue weighted by Gasteiger charge is -2.26. The Morgan fingerprint density at radius 1 is 1.53 bits per heavy atom. The van der Waals surface area contributed by atoms with Crippen LogP contribution >= 0.6 is 23.6 Å². The van der Waals surface area contributed by atoms with E-state index in [1.807, 2.05) is 0 Å². The molecule has 84 valence electrons. The van der Waals surface area contributed by atoms with Crippen molar-refractivity contribution in [3.63, 3.8) is 0 Å². The SMILES string of the molecule is CC(C)(C)C1CCN(c2n[nH]c(=S)s2)C1. The zero-order chi connectivity index (χ0) is 11.1. The van der Waals surface area contributed by atoms with Crippen LogP contribution in [-0.2, 0) is 0 Å². The number of rotatable bonds is 1. The summed E-state index contributed by atoms with van der Waals surface area (Å²) in [6.45, 7) is 9.16. The third-order valence-corrected chi connectivity index (χ3v) is 4.26. The largest absolute Gasteiger partial charge is 0.346 e. The number of hydrogen-bond donors (Lipinski definition) is 1. The lowest BCUT2D eigenvalue weighted by Crippen LogP contribution is -2.25. The van der Waals surface area contributed by atoms with E-state index in [0.717, 1.165) is 28.1 Å². The molecule has 0 radical (unpaired) electrons. The summed E-state index contributed by atoms with van der Waals surface area (Å²) in [5.74, 6) is 0.759. The Balaban J connectivity index is 2.08. The lowest BCUT2D eigenvalue weighted by molar-refractivity contribution is 0.263. The molecule has 2 heterocycles. The molecule has 1 N–H and O–H groups in total. The minimum absolute atomic E-state index is 0.395. The molecule has 1 aliphatic rings. The van der Waals surface area contributed by atoms with Crippen molar-refractivity contribution >= 4 is 28.7 Å². The second-order valence-electron chi connectivity index (χ2n) is 5.19. The van der Waals surface area contributed by atoms with Crippen LogP contribution in [-0.4, -0.2) is 23.3 Å². The molecule has 0 aromatic carbocycles. The van der Waals surface area contributed by atoms with Crippen LogP contribution in [0.2, 0.25) is 0 Å². The Morgan fingerprint density at radius 2 is 2.27 bits per heavy atom. The number of aromatic amines is 1. The van der Waals surface area contributed by atoms with Crippen LogP contribution in [0.15, 0.2) is 0 Å². The van der Waals surface area contributed by atoms with Crippen LogP contribution in [0.1, 0.15) is 27.2 Å². The minimum atomic E-state index is 0.395. The third-order valence-electron chi connectivity index (χ3n) is 3.11. The van der Waals surface area contributed by atoms with Crippen molar-refractivity contribution in [1.82, 2.24) is 10.2 Å². The van der Waals surface area contributed by atoms with Crippen LogP contribution in [0.5, 0.6) is 0 Å². The van der Waals surface area contributed by atoms with Gasteiger partial charge in [0.25, 0.3) is 0 Å². The van der Waals surface area contributed by atoms with Gasteiger partial charge in [-0.15, -0.1) is 5.10 Å². The van der Waals surface area contributed by atoms with Crippen molar-refractivity contribution in [3.05, 3.63) is 3.95 Å². The summed E-state index contributed by atoms with van der Waals surface area (Å²) in [4.78, 5) is 2.34. The fraction of sp³-hybridized carbons (Fsp3) is 0.800. The highest BCUT2D eigenvalue weighted by molar-refractivity contribution is 7.73. The Hall–Kier alpha value is -0.420. The van der Waals surface area contributed by atoms with Crippen molar-refractivity contribution in [2.75, 3.05) is 18.0 Å². The van der Waals surface area contributed by atoms with Gasteiger partial charge in [-0.2, -0.15) is 0 Å². The summed E-state index contributed by atoms with van der Waals surface area (Å²) in [6.07, 6.45) is 1.26. The summed E-state index contributed by atoms with van der Waals surface area (Å²) in [7, 11) is 0. The number of aromatic nitrogens is 2. The predicted octanol–water partition coefficient (Wildman–Crippen LogP) is 3.07. The summed E-state index contributed by atoms with van der Waals surface area (Å²) in [5.41, 5.74) is 0.395. The molecule has 0 amide bonds. The zero-order valence-electron chi connectivity index (χ0n) is 9.41. The summed E-state index contributed by atoms with van der Waals surface area (Å²) < 4.78 is 0.768. The van der Waals surface area contributed by atoms with Gasteiger partial charge < -0.3 is 4.90 Å². The molecule has 0 bridgehead atoms. The fourth-order valence-corrected chi connectivity index (χ4v) is 2.91. The molecule has 0 saturated carbocycles. The second kappa shape index (κ2) is 3.87. The van der Waals surface area contributed by atoms with E-state index in [0.29, 0.717) is 5.41 Å². The van der Waals surface area contributed by atoms with E-state index in [2.05, 4.69) is 35.9 Å². The van der Waals surface area contributed by atoms with Gasteiger partial charge in [0.15, 0.2) is 3.95 Å². The number of nitrogens with one attached hydrogen (secondary N) is 1. The van der Waals surface area contributed by atoms with Crippen LogP contribution in [0.25, 0.3) is 0 Å². The highest BCUT2D eigenvalue weighted by Gasteiger charge is 2.32. The van der Waals surface area contributed by atoms with Gasteiger partial charge in [0.2, 0.25) is 5.13 Å². The molecular weight excluding hydrogens is 226 g/mol. The standard InChI is InChI=1S/C10H17N3S2/c1-10(2,3)7-4-5-13(6-7)8-11-12-9(14)15-8/h7H,4-6H2,1-3H3,(H,12,14). The maximum absolute atomic E-state index is 5.05. The average Bonchev–Trinajstić information content (AvgIpc) is 2.69. The molecule has 0 spiro atoms. The van der Waals surface area contributed by atoms with Crippen molar-refractivity contribution in [2.45, 2.75) is 27.2 Å². The Morgan fingerprint density at radius 3 is 2.73 bits per heavy atom. The number of anilines is 1. The van der Waals surface area contributed by atoms with E-state index in [-0.39, 0.29) is 0 Å². The van der Waals surface area contributed by atoms with Gasteiger partial charge in [0.05, 0.1) is 0 Å². The highest BCUT2D eigenvalue weighted by atomic mass is 32.1. The lowest BCUT2D eigenvalue weighted by atomic mass is 9.80. The van der Waals surface area contributed by atoms with Gasteiger partial charge in [-0.05, 0) is 30.0 Å². The van der Waals surface area contributed by atoms with Crippen LogP contribution < -0.4 is 4.90 Å². The van der Waals surface area contributed by atoms with E-state index < -0.39 is 0 Å². The Bertz CT molecular complexity index is 388. The van der Waals surface area contributed by atoms with Gasteiger partial charge in [-0.3, -0.25) is 5.10 Å². The Kier molecular flexibility index (Phi) is 2.85. The Labute approximate surface area is 99.5 Å². The van der Waals surface area contributed by atoms with Crippen molar-refractivity contribution in [2.24, 2.45) is 11.3 Å². The first kappa shape index (κ1) is 11.1. The molecule has 5 heteroatoms. The molecule has 0 aliphatic carbocycles. The average molecular weight is 243 g/mol. The molecule has 3 nitrogen and oxygen atoms in total. The third kappa shape index (κ3) is 2.39. The van der Waals surface area contributed by atoms with E-state index in [4.69, 9.17) is 12.2 Å². The van der Waals surface area contributed by atoms with E-state index in [1.54, 1.807) is 11.3 Å². The van der Waals surface area contributed by atoms with Gasteiger partial charge in [0.1, 0.15) is 0 Å². The van der Waals surface area contributed by atoms with Crippen LogP contribution in [0.3, 0.4) is 0 Å². The highest BCUT2D eigenvalue weighted by Crippen LogP contribution is 2.35. The summed E-state index contributed by atoms with van der Waals surface area (Å²) in [6, 6.07) is 0. The van der Waals surface area contributed by atoms with Crippen molar-refractivity contribution < 1.29 is 0 Å². The molecule has 1 aromatic rings. The van der Waals surface area contributed by atoms with Crippen molar-refractivity contribution in [1.29, 1.82) is 0 Å². The maximum Gasteiger partial charge on any atom is 0.206 e. The smallest absolute Gasteiger partial charge is 0.206 e. The first-order chi connectivity index (χ1) is 6.97. The molecule has 1 aliphatic heterocycles. The molecule has 1 fully saturated rings. The predicted molar refractivity (Wildman–Crippen MR) is 67.1 cm³/mol. The summed E-state index contributed by atoms with van der Waals surface area (Å²) in [5, 5.41) is 8.12. The van der Waals surface area contributed by atoms with E-state index in [1.165, 1.54) is 6.42 Å². The van der Waals surface area contributed by atoms with Crippen LogP contribution in [0.4, 0.5) is 5.13 Å². The quantitative estimate of drug-likeness (QED) is 0.769. The van der Waals surface area contributed by atoms with Crippen LogP contribution in [0, 0.1) is 15.3 Å². The molecule has 1 unspecified atom stereocenters. The van der Waals surface area contributed by atoms with E-state index >= 15 is 0 Å². The number of H-pyrrole nitrogens is 1. The second-order valence-corrected chi connectivity index (χ2v) is 6.84. The van der Waals surface area contributed by atoms with E-state index in [9.17, 15) is 0 Å². The van der Waals surface area contributed by atoms with Gasteiger partial charge in [-0.1, -0.05) is 32.1 Å².